The highest BCUT2D eigenvalue weighted by Gasteiger charge is 2.14. The van der Waals surface area contributed by atoms with Crippen LogP contribution in [0.4, 0.5) is 0 Å². The van der Waals surface area contributed by atoms with Crippen molar-refractivity contribution in [2.75, 3.05) is 0 Å². The second-order valence-corrected chi connectivity index (χ2v) is 4.55. The molecule has 2 aromatic rings. The second-order valence-electron chi connectivity index (χ2n) is 3.70. The minimum atomic E-state index is -0.989. The Morgan fingerprint density at radius 3 is 2.71 bits per heavy atom. The maximum absolute atomic E-state index is 10.9. The van der Waals surface area contributed by atoms with Gasteiger partial charge in [0.15, 0.2) is 5.82 Å². The van der Waals surface area contributed by atoms with Gasteiger partial charge in [0, 0.05) is 12.4 Å². The van der Waals surface area contributed by atoms with Crippen LogP contribution in [0, 0.1) is 13.8 Å². The van der Waals surface area contributed by atoms with Crippen LogP contribution in [0.2, 0.25) is 0 Å². The van der Waals surface area contributed by atoms with Crippen LogP contribution in [-0.2, 0) is 0 Å². The molecule has 0 aliphatic carbocycles. The summed E-state index contributed by atoms with van der Waals surface area (Å²) in [6.07, 6.45) is 3.16. The number of carbonyl (C=O) groups is 1. The Bertz CT molecular complexity index is 592. The van der Waals surface area contributed by atoms with Gasteiger partial charge in [-0.1, -0.05) is 0 Å². The average molecular weight is 296 g/mol. The van der Waals surface area contributed by atoms with E-state index in [2.05, 4.69) is 26.0 Å². The molecule has 0 spiro atoms. The molecule has 0 aromatic carbocycles. The van der Waals surface area contributed by atoms with Gasteiger partial charge in [0.1, 0.15) is 5.56 Å². The van der Waals surface area contributed by atoms with E-state index < -0.39 is 5.97 Å². The number of carboxylic acid groups (broad SMARTS) is 1. The van der Waals surface area contributed by atoms with Crippen molar-refractivity contribution in [3.63, 3.8) is 0 Å². The minimum Gasteiger partial charge on any atom is -0.478 e. The number of hydrogen-bond acceptors (Lipinski definition) is 3. The molecule has 0 unspecified atom stereocenters. The van der Waals surface area contributed by atoms with Gasteiger partial charge in [-0.15, -0.1) is 0 Å². The number of hydrogen-bond donors (Lipinski definition) is 1. The van der Waals surface area contributed by atoms with E-state index in [1.165, 1.54) is 10.9 Å². The molecule has 2 heterocycles. The molecule has 0 aliphatic heterocycles. The summed E-state index contributed by atoms with van der Waals surface area (Å²) in [5, 5.41) is 13.1. The molecule has 17 heavy (non-hydrogen) atoms. The predicted molar refractivity (Wildman–Crippen MR) is 65.5 cm³/mol. The highest BCUT2D eigenvalue weighted by molar-refractivity contribution is 9.10. The molecule has 88 valence electrons. The molecule has 0 saturated heterocycles. The van der Waals surface area contributed by atoms with E-state index in [0.717, 1.165) is 10.0 Å². The van der Waals surface area contributed by atoms with Crippen molar-refractivity contribution in [2.45, 2.75) is 13.8 Å². The molecule has 0 aliphatic rings. The lowest BCUT2D eigenvalue weighted by Gasteiger charge is -2.03. The highest BCUT2D eigenvalue weighted by atomic mass is 79.9. The Kier molecular flexibility index (Phi) is 2.97. The first-order valence-electron chi connectivity index (χ1n) is 4.91. The van der Waals surface area contributed by atoms with Crippen molar-refractivity contribution in [1.29, 1.82) is 0 Å². The first-order chi connectivity index (χ1) is 7.99. The number of rotatable bonds is 2. The number of aryl methyl sites for hydroxylation is 2. The van der Waals surface area contributed by atoms with E-state index in [0.29, 0.717) is 11.5 Å². The normalized spacial score (nSPS) is 10.5. The van der Waals surface area contributed by atoms with Crippen molar-refractivity contribution >= 4 is 21.9 Å². The number of halogens is 1. The summed E-state index contributed by atoms with van der Waals surface area (Å²) in [5.41, 5.74) is 1.66. The van der Waals surface area contributed by atoms with E-state index in [9.17, 15) is 4.79 Å². The zero-order valence-electron chi connectivity index (χ0n) is 9.31. The summed E-state index contributed by atoms with van der Waals surface area (Å²) < 4.78 is 2.24. The van der Waals surface area contributed by atoms with Crippen molar-refractivity contribution in [2.24, 2.45) is 0 Å². The molecule has 0 atom stereocenters. The van der Waals surface area contributed by atoms with Gasteiger partial charge < -0.3 is 5.11 Å². The molecular weight excluding hydrogens is 286 g/mol. The molecule has 2 aromatic heterocycles. The Labute approximate surface area is 106 Å². The molecule has 0 amide bonds. The fraction of sp³-hybridized carbons (Fsp3) is 0.182. The Hall–Kier alpha value is -1.69. The average Bonchev–Trinajstić information content (AvgIpc) is 2.60. The second kappa shape index (κ2) is 4.29. The fourth-order valence-corrected chi connectivity index (χ4v) is 2.12. The molecule has 0 fully saturated rings. The lowest BCUT2D eigenvalue weighted by atomic mass is 10.3. The van der Waals surface area contributed by atoms with Gasteiger partial charge in [-0.2, -0.15) is 5.10 Å². The molecule has 2 rings (SSSR count). The third-order valence-corrected chi connectivity index (χ3v) is 2.89. The monoisotopic (exact) mass is 295 g/mol. The van der Waals surface area contributed by atoms with Gasteiger partial charge in [-0.05, 0) is 41.4 Å². The molecule has 5 nitrogen and oxygen atoms in total. The lowest BCUT2D eigenvalue weighted by molar-refractivity contribution is 0.0696. The number of carboxylic acids is 1. The SMILES string of the molecule is Cc1cnc(-n2cc(C(=O)O)c(C)n2)c(Br)c1. The summed E-state index contributed by atoms with van der Waals surface area (Å²) in [4.78, 5) is 15.1. The van der Waals surface area contributed by atoms with E-state index in [1.54, 1.807) is 13.1 Å². The van der Waals surface area contributed by atoms with Gasteiger partial charge in [0.25, 0.3) is 0 Å². The van der Waals surface area contributed by atoms with Crippen LogP contribution in [0.1, 0.15) is 21.6 Å². The van der Waals surface area contributed by atoms with Crippen molar-refractivity contribution < 1.29 is 9.90 Å². The van der Waals surface area contributed by atoms with E-state index in [-0.39, 0.29) is 5.56 Å². The fourth-order valence-electron chi connectivity index (χ4n) is 1.47. The summed E-state index contributed by atoms with van der Waals surface area (Å²) in [7, 11) is 0. The Morgan fingerprint density at radius 2 is 2.18 bits per heavy atom. The standard InChI is InChI=1S/C11H10BrN3O2/c1-6-3-9(12)10(13-4-6)15-5-8(11(16)17)7(2)14-15/h3-5H,1-2H3,(H,16,17). The van der Waals surface area contributed by atoms with Crippen LogP contribution in [0.25, 0.3) is 5.82 Å². The van der Waals surface area contributed by atoms with Crippen LogP contribution in [0.3, 0.4) is 0 Å². The van der Waals surface area contributed by atoms with E-state index in [1.807, 2.05) is 13.0 Å². The molecule has 6 heteroatoms. The maximum Gasteiger partial charge on any atom is 0.339 e. The predicted octanol–water partition coefficient (Wildman–Crippen LogP) is 2.34. The summed E-state index contributed by atoms with van der Waals surface area (Å²) in [6.45, 7) is 3.58. The highest BCUT2D eigenvalue weighted by Crippen LogP contribution is 2.20. The minimum absolute atomic E-state index is 0.180. The Balaban J connectivity index is 2.53. The topological polar surface area (TPSA) is 68.0 Å². The summed E-state index contributed by atoms with van der Waals surface area (Å²) in [5.74, 6) is -0.414. The van der Waals surface area contributed by atoms with Crippen LogP contribution in [0.5, 0.6) is 0 Å². The quantitative estimate of drug-likeness (QED) is 0.923. The van der Waals surface area contributed by atoms with E-state index >= 15 is 0 Å². The molecule has 0 bridgehead atoms. The van der Waals surface area contributed by atoms with Crippen molar-refractivity contribution in [3.05, 3.63) is 39.8 Å². The lowest BCUT2D eigenvalue weighted by Crippen LogP contribution is -2.00. The van der Waals surface area contributed by atoms with Crippen molar-refractivity contribution in [3.8, 4) is 5.82 Å². The van der Waals surface area contributed by atoms with Gasteiger partial charge in [0.2, 0.25) is 0 Å². The smallest absolute Gasteiger partial charge is 0.339 e. The number of pyridine rings is 1. The third kappa shape index (κ3) is 2.21. The maximum atomic E-state index is 10.9. The van der Waals surface area contributed by atoms with Crippen LogP contribution < -0.4 is 0 Å². The first-order valence-corrected chi connectivity index (χ1v) is 5.70. The molecular formula is C11H10BrN3O2. The number of nitrogens with zero attached hydrogens (tertiary/aromatic N) is 3. The van der Waals surface area contributed by atoms with Crippen LogP contribution in [0.15, 0.2) is 22.9 Å². The third-order valence-electron chi connectivity index (χ3n) is 2.30. The number of aromatic carboxylic acids is 1. The zero-order chi connectivity index (χ0) is 12.6. The van der Waals surface area contributed by atoms with Crippen molar-refractivity contribution in [1.82, 2.24) is 14.8 Å². The summed E-state index contributed by atoms with van der Waals surface area (Å²) >= 11 is 3.38. The van der Waals surface area contributed by atoms with Gasteiger partial charge in [0.05, 0.1) is 10.2 Å². The first kappa shape index (κ1) is 11.8. The van der Waals surface area contributed by atoms with Crippen LogP contribution in [-0.4, -0.2) is 25.8 Å². The largest absolute Gasteiger partial charge is 0.478 e. The molecule has 0 saturated carbocycles. The molecule has 0 radical (unpaired) electrons. The van der Waals surface area contributed by atoms with Gasteiger partial charge in [-0.3, -0.25) is 0 Å². The van der Waals surface area contributed by atoms with Gasteiger partial charge >= 0.3 is 5.97 Å². The Morgan fingerprint density at radius 1 is 1.47 bits per heavy atom. The molecule has 1 N–H and O–H groups in total. The summed E-state index contributed by atoms with van der Waals surface area (Å²) in [6, 6.07) is 1.90. The van der Waals surface area contributed by atoms with E-state index in [4.69, 9.17) is 5.11 Å². The zero-order valence-corrected chi connectivity index (χ0v) is 10.9. The number of aromatic nitrogens is 3. The van der Waals surface area contributed by atoms with Gasteiger partial charge in [-0.25, -0.2) is 14.5 Å². The van der Waals surface area contributed by atoms with Crippen LogP contribution >= 0.6 is 15.9 Å².